The number of hydrogen-bond acceptors (Lipinski definition) is 2. The van der Waals surface area contributed by atoms with Crippen molar-refractivity contribution in [2.75, 3.05) is 18.0 Å². The van der Waals surface area contributed by atoms with E-state index in [0.717, 1.165) is 38.0 Å². The molecule has 2 aromatic rings. The molecule has 3 nitrogen and oxygen atoms in total. The first-order valence-corrected chi connectivity index (χ1v) is 9.41. The molecule has 1 N–H and O–H groups in total. The van der Waals surface area contributed by atoms with Crippen molar-refractivity contribution >= 4 is 11.6 Å². The fourth-order valence-electron chi connectivity index (χ4n) is 3.83. The van der Waals surface area contributed by atoms with Crippen molar-refractivity contribution in [2.45, 2.75) is 38.6 Å². The highest BCUT2D eigenvalue weighted by Gasteiger charge is 2.32. The van der Waals surface area contributed by atoms with E-state index >= 15 is 0 Å². The summed E-state index contributed by atoms with van der Waals surface area (Å²) in [5.74, 6) is 0.739. The summed E-state index contributed by atoms with van der Waals surface area (Å²) in [5.41, 5.74) is 2.32. The number of anilines is 1. The summed E-state index contributed by atoms with van der Waals surface area (Å²) in [6.07, 6.45) is 3.69. The normalized spacial score (nSPS) is 16.4. The van der Waals surface area contributed by atoms with Gasteiger partial charge in [0.1, 0.15) is 0 Å². The molecular weight excluding hydrogens is 308 g/mol. The van der Waals surface area contributed by atoms with Crippen molar-refractivity contribution in [3.05, 3.63) is 66.2 Å². The summed E-state index contributed by atoms with van der Waals surface area (Å²) in [7, 11) is 0. The second-order valence-electron chi connectivity index (χ2n) is 6.80. The fraction of sp³-hybridized carbons (Fsp3) is 0.409. The summed E-state index contributed by atoms with van der Waals surface area (Å²) >= 11 is 0. The number of hydrogen-bond donors (Lipinski definition) is 1. The molecule has 3 rings (SSSR count). The fourth-order valence-corrected chi connectivity index (χ4v) is 3.83. The van der Waals surface area contributed by atoms with E-state index in [4.69, 9.17) is 0 Å². The van der Waals surface area contributed by atoms with Gasteiger partial charge in [0, 0.05) is 18.2 Å². The van der Waals surface area contributed by atoms with Crippen LogP contribution in [0.25, 0.3) is 0 Å². The van der Waals surface area contributed by atoms with Crippen molar-refractivity contribution in [1.82, 2.24) is 5.32 Å². The number of piperidine rings is 1. The Bertz CT molecular complexity index is 650. The van der Waals surface area contributed by atoms with Gasteiger partial charge in [-0.05, 0) is 56.0 Å². The molecule has 3 heteroatoms. The van der Waals surface area contributed by atoms with Gasteiger partial charge in [0.05, 0.1) is 0 Å². The van der Waals surface area contributed by atoms with Gasteiger partial charge < -0.3 is 10.2 Å². The van der Waals surface area contributed by atoms with E-state index in [1.807, 2.05) is 25.1 Å². The smallest absolute Gasteiger partial charge is 0.226 e. The van der Waals surface area contributed by atoms with Crippen LogP contribution < -0.4 is 10.2 Å². The summed E-state index contributed by atoms with van der Waals surface area (Å²) in [5, 5.41) is 3.45. The molecule has 1 fully saturated rings. The lowest BCUT2D eigenvalue weighted by Crippen LogP contribution is -2.48. The zero-order valence-electron chi connectivity index (χ0n) is 15.0. The molecule has 1 atom stereocenters. The van der Waals surface area contributed by atoms with Crippen LogP contribution in [0.4, 0.5) is 5.69 Å². The number of carbonyl (C=O) groups is 1. The number of nitrogens with zero attached hydrogens (tertiary/aromatic N) is 1. The number of carbonyl (C=O) groups excluding carboxylic acids is 1. The first-order chi connectivity index (χ1) is 12.3. The van der Waals surface area contributed by atoms with Crippen molar-refractivity contribution in [1.29, 1.82) is 0 Å². The van der Waals surface area contributed by atoms with Crippen LogP contribution >= 0.6 is 0 Å². The molecule has 0 aromatic heterocycles. The predicted molar refractivity (Wildman–Crippen MR) is 104 cm³/mol. The molecule has 0 aliphatic carbocycles. The molecule has 2 aromatic carbocycles. The van der Waals surface area contributed by atoms with Crippen LogP contribution in [0, 0.1) is 5.92 Å². The van der Waals surface area contributed by atoms with Gasteiger partial charge in [-0.3, -0.25) is 4.79 Å². The Hall–Kier alpha value is -2.13. The van der Waals surface area contributed by atoms with Gasteiger partial charge in [-0.25, -0.2) is 0 Å². The topological polar surface area (TPSA) is 32.3 Å². The SMILES string of the molecule is CCC(=O)N(c1ccccc1)C(Cc1ccccc1)C1CCNCC1. The Balaban J connectivity index is 1.95. The van der Waals surface area contributed by atoms with Crippen LogP contribution in [-0.2, 0) is 11.2 Å². The maximum atomic E-state index is 12.9. The maximum Gasteiger partial charge on any atom is 0.226 e. The van der Waals surface area contributed by atoms with Crippen LogP contribution in [-0.4, -0.2) is 25.0 Å². The zero-order valence-corrected chi connectivity index (χ0v) is 15.0. The average Bonchev–Trinajstić information content (AvgIpc) is 2.69. The van der Waals surface area contributed by atoms with E-state index in [1.165, 1.54) is 5.56 Å². The summed E-state index contributed by atoms with van der Waals surface area (Å²) in [6.45, 7) is 4.04. The largest absolute Gasteiger partial charge is 0.317 e. The molecule has 1 unspecified atom stereocenters. The first kappa shape index (κ1) is 17.7. The second kappa shape index (κ2) is 8.82. The number of amides is 1. The third-order valence-electron chi connectivity index (χ3n) is 5.15. The Morgan fingerprint density at radius 3 is 2.24 bits per heavy atom. The summed E-state index contributed by atoms with van der Waals surface area (Å²) < 4.78 is 0. The Labute approximate surface area is 151 Å². The van der Waals surface area contributed by atoms with Gasteiger partial charge in [-0.1, -0.05) is 55.5 Å². The summed E-state index contributed by atoms with van der Waals surface area (Å²) in [4.78, 5) is 15.0. The lowest BCUT2D eigenvalue weighted by atomic mass is 9.85. The third-order valence-corrected chi connectivity index (χ3v) is 5.15. The molecular formula is C22H28N2O. The Kier molecular flexibility index (Phi) is 6.24. The molecule has 25 heavy (non-hydrogen) atoms. The van der Waals surface area contributed by atoms with E-state index in [9.17, 15) is 4.79 Å². The van der Waals surface area contributed by atoms with Crippen LogP contribution in [0.3, 0.4) is 0 Å². The lowest BCUT2D eigenvalue weighted by molar-refractivity contribution is -0.119. The second-order valence-corrected chi connectivity index (χ2v) is 6.80. The van der Waals surface area contributed by atoms with Gasteiger partial charge in [-0.2, -0.15) is 0 Å². The number of nitrogens with one attached hydrogen (secondary N) is 1. The van der Waals surface area contributed by atoms with Crippen LogP contribution in [0.5, 0.6) is 0 Å². The molecule has 0 saturated carbocycles. The van der Waals surface area contributed by atoms with E-state index in [2.05, 4.69) is 52.7 Å². The molecule has 1 heterocycles. The van der Waals surface area contributed by atoms with Crippen molar-refractivity contribution in [3.8, 4) is 0 Å². The predicted octanol–water partition coefficient (Wildman–Crippen LogP) is 4.04. The van der Waals surface area contributed by atoms with Gasteiger partial charge in [-0.15, -0.1) is 0 Å². The third kappa shape index (κ3) is 4.49. The standard InChI is InChI=1S/C22H28N2O/c1-2-22(25)24(20-11-7-4-8-12-20)21(19-13-15-23-16-14-19)17-18-9-5-3-6-10-18/h3-12,19,21,23H,2,13-17H2,1H3. The summed E-state index contributed by atoms with van der Waals surface area (Å²) in [6, 6.07) is 21.0. The van der Waals surface area contributed by atoms with E-state index in [1.54, 1.807) is 0 Å². The molecule has 0 bridgehead atoms. The van der Waals surface area contributed by atoms with Crippen LogP contribution in [0.1, 0.15) is 31.7 Å². The molecule has 1 saturated heterocycles. The van der Waals surface area contributed by atoms with Gasteiger partial charge in [0.15, 0.2) is 0 Å². The van der Waals surface area contributed by atoms with Gasteiger partial charge in [0.25, 0.3) is 0 Å². The van der Waals surface area contributed by atoms with Crippen molar-refractivity contribution in [3.63, 3.8) is 0 Å². The van der Waals surface area contributed by atoms with E-state index < -0.39 is 0 Å². The molecule has 1 amide bonds. The Morgan fingerprint density at radius 1 is 1.04 bits per heavy atom. The molecule has 0 radical (unpaired) electrons. The number of rotatable bonds is 6. The van der Waals surface area contributed by atoms with Crippen LogP contribution in [0.2, 0.25) is 0 Å². The highest BCUT2D eigenvalue weighted by atomic mass is 16.2. The van der Waals surface area contributed by atoms with E-state index in [-0.39, 0.29) is 11.9 Å². The first-order valence-electron chi connectivity index (χ1n) is 9.41. The minimum atomic E-state index is 0.208. The minimum absolute atomic E-state index is 0.208. The average molecular weight is 336 g/mol. The number of benzene rings is 2. The lowest BCUT2D eigenvalue weighted by Gasteiger charge is -2.39. The molecule has 0 spiro atoms. The quantitative estimate of drug-likeness (QED) is 0.863. The molecule has 1 aliphatic heterocycles. The highest BCUT2D eigenvalue weighted by Crippen LogP contribution is 2.29. The minimum Gasteiger partial charge on any atom is -0.317 e. The highest BCUT2D eigenvalue weighted by molar-refractivity contribution is 5.93. The van der Waals surface area contributed by atoms with Crippen molar-refractivity contribution in [2.24, 2.45) is 5.92 Å². The van der Waals surface area contributed by atoms with Crippen LogP contribution in [0.15, 0.2) is 60.7 Å². The number of para-hydroxylation sites is 1. The maximum absolute atomic E-state index is 12.9. The van der Waals surface area contributed by atoms with E-state index in [0.29, 0.717) is 12.3 Å². The van der Waals surface area contributed by atoms with Gasteiger partial charge in [0.2, 0.25) is 5.91 Å². The Morgan fingerprint density at radius 2 is 1.64 bits per heavy atom. The van der Waals surface area contributed by atoms with Crippen molar-refractivity contribution < 1.29 is 4.79 Å². The molecule has 132 valence electrons. The molecule has 1 aliphatic rings. The zero-order chi connectivity index (χ0) is 17.5. The van der Waals surface area contributed by atoms with Gasteiger partial charge >= 0.3 is 0 Å². The monoisotopic (exact) mass is 336 g/mol.